The Balaban J connectivity index is -0.000000236. The zero-order chi connectivity index (χ0) is 34.5. The van der Waals surface area contributed by atoms with Crippen molar-refractivity contribution in [1.29, 1.82) is 5.26 Å². The van der Waals surface area contributed by atoms with Crippen molar-refractivity contribution in [3.63, 3.8) is 0 Å². The van der Waals surface area contributed by atoms with Crippen molar-refractivity contribution in [3.05, 3.63) is 107 Å². The summed E-state index contributed by atoms with van der Waals surface area (Å²) in [6, 6.07) is 23.4. The number of ether oxygens (including phenoxy) is 2. The number of carboxylic acids is 4. The first-order valence-electron chi connectivity index (χ1n) is 12.3. The number of carboxylic acid groups (broad SMARTS) is 4. The molecule has 3 aromatic carbocycles. The number of alkyl halides is 1. The van der Waals surface area contributed by atoms with Crippen LogP contribution in [-0.2, 0) is 62.8 Å². The first kappa shape index (κ1) is 54.2. The van der Waals surface area contributed by atoms with Crippen molar-refractivity contribution in [2.75, 3.05) is 0 Å². The van der Waals surface area contributed by atoms with Crippen molar-refractivity contribution in [1.82, 2.24) is 0 Å². The van der Waals surface area contributed by atoms with Crippen molar-refractivity contribution in [2.24, 2.45) is 0 Å². The maximum Gasteiger partial charge on any atom is 0.349 e. The number of esters is 2. The van der Waals surface area contributed by atoms with Gasteiger partial charge in [-0.3, -0.25) is 9.59 Å². The number of halogens is 2. The van der Waals surface area contributed by atoms with Gasteiger partial charge in [0.15, 0.2) is 0 Å². The molecule has 0 fully saturated rings. The average Bonchev–Trinajstić information content (AvgIpc) is 2.99. The topological polar surface area (TPSA) is 289 Å². The molecule has 0 saturated carbocycles. The number of benzene rings is 3. The minimum Gasteiger partial charge on any atom is -0.481 e. The average molecular weight is 872 g/mol. The van der Waals surface area contributed by atoms with Crippen LogP contribution in [0.15, 0.2) is 84.9 Å². The number of hydrogen-bond donors (Lipinski definition) is 4. The van der Waals surface area contributed by atoms with E-state index in [1.54, 1.807) is 42.5 Å². The summed E-state index contributed by atoms with van der Waals surface area (Å²) in [4.78, 5) is 65.7. The van der Waals surface area contributed by atoms with Crippen LogP contribution in [0.25, 0.3) is 0 Å². The van der Waals surface area contributed by atoms with E-state index in [0.717, 1.165) is 6.92 Å². The first-order valence-corrected chi connectivity index (χ1v) is 13.6. The van der Waals surface area contributed by atoms with Crippen LogP contribution in [0.1, 0.15) is 45.0 Å². The molecule has 0 saturated heterocycles. The molecule has 0 aliphatic carbocycles. The Morgan fingerprint density at radius 2 is 0.959 bits per heavy atom. The fourth-order valence-electron chi connectivity index (χ4n) is 2.81. The van der Waals surface area contributed by atoms with E-state index in [1.165, 1.54) is 55.5 Å². The summed E-state index contributed by atoms with van der Waals surface area (Å²) < 4.78 is 9.52. The quantitative estimate of drug-likeness (QED) is 0.136. The molecule has 276 valence electrons. The third kappa shape index (κ3) is 22.1. The number of hydrogen-bond acceptors (Lipinski definition) is 9. The monoisotopic (exact) mass is 869 g/mol. The predicted molar refractivity (Wildman–Crippen MR) is 169 cm³/mol. The molecule has 15 nitrogen and oxygen atoms in total. The molecule has 3 atom stereocenters. The fourth-order valence-corrected chi connectivity index (χ4v) is 3.59. The van der Waals surface area contributed by atoms with Crippen LogP contribution in [0.2, 0.25) is 5.02 Å². The van der Waals surface area contributed by atoms with Gasteiger partial charge in [0.1, 0.15) is 4.83 Å². The Bertz CT molecular complexity index is 1420. The Morgan fingerprint density at radius 3 is 1.22 bits per heavy atom. The number of carbonyl (C=O) groups is 6. The van der Waals surface area contributed by atoms with Crippen LogP contribution < -0.4 is 0 Å². The molecule has 19 heteroatoms. The van der Waals surface area contributed by atoms with Crippen molar-refractivity contribution in [3.8, 4) is 6.07 Å². The van der Waals surface area contributed by atoms with Crippen LogP contribution >= 0.6 is 27.5 Å². The minimum atomic E-state index is -2.21. The van der Waals surface area contributed by atoms with Gasteiger partial charge in [0.05, 0.1) is 17.2 Å². The van der Waals surface area contributed by atoms with E-state index >= 15 is 0 Å². The largest absolute Gasteiger partial charge is 0.481 e. The van der Waals surface area contributed by atoms with Crippen LogP contribution in [0.5, 0.6) is 0 Å². The molecule has 0 aromatic heterocycles. The van der Waals surface area contributed by atoms with Crippen molar-refractivity contribution < 1.29 is 104 Å². The van der Waals surface area contributed by atoms with E-state index < -0.39 is 52.9 Å². The van der Waals surface area contributed by atoms with Gasteiger partial charge in [0.25, 0.3) is 5.97 Å². The number of nitriles is 1. The van der Waals surface area contributed by atoms with Gasteiger partial charge in [-0.2, -0.15) is 5.26 Å². The van der Waals surface area contributed by atoms with Crippen LogP contribution in [0.3, 0.4) is 0 Å². The summed E-state index contributed by atoms with van der Waals surface area (Å²) in [5, 5.41) is 42.3. The van der Waals surface area contributed by atoms with Crippen molar-refractivity contribution in [2.45, 2.75) is 30.9 Å². The molecule has 0 amide bonds. The van der Waals surface area contributed by atoms with E-state index in [0.29, 0.717) is 10.6 Å². The van der Waals surface area contributed by atoms with Gasteiger partial charge in [-0.05, 0) is 35.9 Å². The summed E-state index contributed by atoms with van der Waals surface area (Å²) in [7, 11) is 0. The minimum absolute atomic E-state index is 0. The molecule has 8 N–H and O–H groups in total. The van der Waals surface area contributed by atoms with Gasteiger partial charge >= 0.3 is 29.8 Å². The molecule has 0 unspecified atom stereocenters. The number of rotatable bonds is 9. The molecule has 0 aliphatic rings. The summed E-state index contributed by atoms with van der Waals surface area (Å²) >= 11 is 8.79. The number of carbonyl (C=O) groups excluding carboxylic acids is 2. The zero-order valence-electron chi connectivity index (χ0n) is 25.2. The molecule has 0 aliphatic heterocycles. The molecule has 0 spiro atoms. The van der Waals surface area contributed by atoms with Gasteiger partial charge in [-0.25, -0.2) is 19.2 Å². The zero-order valence-corrected chi connectivity index (χ0v) is 29.4. The molecule has 0 heterocycles. The number of aliphatic carboxylic acids is 4. The molecule has 3 rings (SSSR count). The van der Waals surface area contributed by atoms with Crippen LogP contribution in [0, 0.1) is 11.3 Å². The first-order chi connectivity index (χ1) is 21.2. The second-order valence-corrected chi connectivity index (χ2v) is 9.35. The summed E-state index contributed by atoms with van der Waals surface area (Å²) in [6.07, 6.45) is -4.43. The van der Waals surface area contributed by atoms with Crippen molar-refractivity contribution >= 4 is 63.3 Å². The predicted octanol–water partition coefficient (Wildman–Crippen LogP) is 3.43. The van der Waals surface area contributed by atoms with E-state index in [1.807, 2.05) is 0 Å². The molecule has 0 bridgehead atoms. The molecular weight excluding hydrogens is 841 g/mol. The van der Waals surface area contributed by atoms with E-state index in [9.17, 15) is 34.2 Å². The van der Waals surface area contributed by atoms with Gasteiger partial charge < -0.3 is 40.9 Å². The van der Waals surface area contributed by atoms with Crippen LogP contribution in [-0.4, -0.2) is 79.4 Å². The van der Waals surface area contributed by atoms with Crippen LogP contribution in [0.4, 0.5) is 0 Å². The van der Waals surface area contributed by atoms with Gasteiger partial charge in [-0.15, -0.1) is 0 Å². The molecule has 49 heavy (non-hydrogen) atoms. The Morgan fingerprint density at radius 1 is 0.673 bits per heavy atom. The van der Waals surface area contributed by atoms with Gasteiger partial charge in [0.2, 0.25) is 12.2 Å². The smallest absolute Gasteiger partial charge is 0.349 e. The fraction of sp³-hybridized carbons (Fsp3) is 0.167. The second kappa shape index (κ2) is 29.8. The van der Waals surface area contributed by atoms with E-state index in [-0.39, 0.29) is 56.2 Å². The third-order valence-electron chi connectivity index (χ3n) is 4.64. The summed E-state index contributed by atoms with van der Waals surface area (Å²) in [5.41, 5.74) is 0.626. The summed E-state index contributed by atoms with van der Waals surface area (Å²) in [6.45, 7) is 2.51. The maximum absolute atomic E-state index is 12.0. The SMILES string of the molecule is CC#N.CC(=O)O.O.O.O=C(O)[C@H](Br)c1ccccc1Cl.O=C(O[C@H](C(=O)O)[C@H](OC(=O)c1ccccc1)C(=O)O)c1ccccc1.[Cu].[Cu]. The van der Waals surface area contributed by atoms with Gasteiger partial charge in [0, 0.05) is 53.0 Å². The van der Waals surface area contributed by atoms with E-state index in [4.69, 9.17) is 41.3 Å². The Kier molecular flexibility index (Phi) is 32.9. The number of nitrogens with zero attached hydrogens (tertiary/aromatic N) is 1. The molecule has 2 radical (unpaired) electrons. The summed E-state index contributed by atoms with van der Waals surface area (Å²) in [5.74, 6) is -7.41. The normalized spacial score (nSPS) is 10.3. The third-order valence-corrected chi connectivity index (χ3v) is 5.87. The Labute approximate surface area is 314 Å². The molecular formula is C30H31BrClCu2NO14. The van der Waals surface area contributed by atoms with Gasteiger partial charge in [-0.1, -0.05) is 82.1 Å². The maximum atomic E-state index is 12.0. The Hall–Kier alpha value is -4.30. The van der Waals surface area contributed by atoms with E-state index in [2.05, 4.69) is 15.9 Å². The second-order valence-electron chi connectivity index (χ2n) is 8.03. The molecule has 3 aromatic rings. The standard InChI is InChI=1S/C18H14O8.C8H6BrClO2.C2H3N.C2H4O2.2Cu.2H2O/c19-15(20)13(25-17(23)11-7-3-1-4-8-11)14(16(21)22)26-18(24)12-9-5-2-6-10-12;9-7(8(11)12)5-3-1-2-4-6(5)10;1-2-3;1-2(3)4;;;;/h1-10,13-14H,(H,19,20)(H,21,22);1-4,7H,(H,11,12);1H3;1H3,(H,3,4);;;2*1H2/t13-,14-;7-;;;;;;/m01....../s1.